The lowest BCUT2D eigenvalue weighted by molar-refractivity contribution is -0.134. The number of nitrogens with zero attached hydrogens (tertiary/aromatic N) is 2. The van der Waals surface area contributed by atoms with Gasteiger partial charge >= 0.3 is 0 Å². The zero-order valence-corrected chi connectivity index (χ0v) is 24.8. The predicted molar refractivity (Wildman–Crippen MR) is 163 cm³/mol. The number of allylic oxidation sites excluding steroid dienone is 1. The van der Waals surface area contributed by atoms with Gasteiger partial charge < -0.3 is 9.47 Å². The predicted octanol–water partition coefficient (Wildman–Crippen LogP) is 6.61. The van der Waals surface area contributed by atoms with Crippen LogP contribution in [0.4, 0.5) is 0 Å². The molecule has 1 amide bonds. The fourth-order valence-corrected chi connectivity index (χ4v) is 8.13. The normalized spacial score (nSPS) is 21.9. The van der Waals surface area contributed by atoms with Gasteiger partial charge in [-0.15, -0.1) is 0 Å². The van der Waals surface area contributed by atoms with E-state index in [1.54, 1.807) is 30.3 Å². The van der Waals surface area contributed by atoms with Crippen molar-refractivity contribution in [2.24, 2.45) is 11.0 Å². The first kappa shape index (κ1) is 28.2. The summed E-state index contributed by atoms with van der Waals surface area (Å²) in [7, 11) is -3.89. The number of hydrazone groups is 1. The van der Waals surface area contributed by atoms with Gasteiger partial charge in [0, 0.05) is 5.92 Å². The average molecular weight is 585 g/mol. The van der Waals surface area contributed by atoms with Crippen molar-refractivity contribution in [1.82, 2.24) is 5.01 Å². The molecule has 42 heavy (non-hydrogen) atoms. The van der Waals surface area contributed by atoms with E-state index in [0.29, 0.717) is 26.1 Å². The minimum atomic E-state index is -3.89. The summed E-state index contributed by atoms with van der Waals surface area (Å²) in [6, 6.07) is 23.6. The molecule has 0 spiro atoms. The van der Waals surface area contributed by atoms with E-state index in [4.69, 9.17) is 14.6 Å². The second kappa shape index (κ2) is 11.4. The molecule has 0 bridgehead atoms. The van der Waals surface area contributed by atoms with Gasteiger partial charge in [-0.3, -0.25) is 4.79 Å². The van der Waals surface area contributed by atoms with Crippen LogP contribution >= 0.6 is 0 Å². The van der Waals surface area contributed by atoms with Gasteiger partial charge in [0.2, 0.25) is 0 Å². The summed E-state index contributed by atoms with van der Waals surface area (Å²) in [5, 5.41) is 6.48. The maximum Gasteiger partial charge on any atom is 0.265 e. The Morgan fingerprint density at radius 3 is 2.14 bits per heavy atom. The van der Waals surface area contributed by atoms with Gasteiger partial charge in [-0.25, -0.2) is 13.4 Å². The molecule has 2 atom stereocenters. The topological polar surface area (TPSA) is 85.3 Å². The molecule has 3 aliphatic rings. The van der Waals surface area contributed by atoms with E-state index >= 15 is 0 Å². The molecule has 2 saturated carbocycles. The summed E-state index contributed by atoms with van der Waals surface area (Å²) in [4.78, 5) is 14.6. The second-order valence-electron chi connectivity index (χ2n) is 11.1. The summed E-state index contributed by atoms with van der Waals surface area (Å²) in [6.45, 7) is 5.06. The highest BCUT2D eigenvalue weighted by molar-refractivity contribution is 7.94. The Balaban J connectivity index is 1.40. The van der Waals surface area contributed by atoms with Crippen LogP contribution in [0.1, 0.15) is 63.1 Å². The molecule has 0 radical (unpaired) electrons. The molecule has 7 nitrogen and oxygen atoms in total. The van der Waals surface area contributed by atoms with Gasteiger partial charge in [0.15, 0.2) is 14.6 Å². The molecule has 1 aliphatic heterocycles. The van der Waals surface area contributed by atoms with Crippen LogP contribution in [0.2, 0.25) is 0 Å². The molecule has 8 heteroatoms. The molecule has 1 heterocycles. The summed E-state index contributed by atoms with van der Waals surface area (Å²) in [6.07, 6.45) is 5.38. The van der Waals surface area contributed by atoms with E-state index in [9.17, 15) is 13.2 Å². The highest BCUT2D eigenvalue weighted by Gasteiger charge is 2.64. The first-order valence-corrected chi connectivity index (χ1v) is 16.2. The third-order valence-corrected chi connectivity index (χ3v) is 10.9. The first-order valence-electron chi connectivity index (χ1n) is 14.8. The van der Waals surface area contributed by atoms with E-state index in [2.05, 4.69) is 6.08 Å². The Morgan fingerprint density at radius 2 is 1.55 bits per heavy atom. The van der Waals surface area contributed by atoms with Crippen LogP contribution in [0, 0.1) is 5.92 Å². The van der Waals surface area contributed by atoms with Crippen LogP contribution in [-0.4, -0.2) is 43.0 Å². The Labute approximate surface area is 247 Å². The number of sulfone groups is 1. The Kier molecular flexibility index (Phi) is 7.66. The minimum Gasteiger partial charge on any atom is -0.494 e. The van der Waals surface area contributed by atoms with E-state index in [-0.39, 0.29) is 10.8 Å². The van der Waals surface area contributed by atoms with Gasteiger partial charge in [-0.1, -0.05) is 42.5 Å². The molecule has 218 valence electrons. The fourth-order valence-electron chi connectivity index (χ4n) is 6.20. The van der Waals surface area contributed by atoms with Gasteiger partial charge in [-0.2, -0.15) is 5.10 Å². The molecule has 2 aliphatic carbocycles. The van der Waals surface area contributed by atoms with Crippen molar-refractivity contribution in [3.05, 3.63) is 95.6 Å². The largest absolute Gasteiger partial charge is 0.494 e. The number of hydrogen-bond acceptors (Lipinski definition) is 6. The van der Waals surface area contributed by atoms with Crippen LogP contribution in [0.5, 0.6) is 11.5 Å². The maximum atomic E-state index is 14.4. The highest BCUT2D eigenvalue weighted by Crippen LogP contribution is 2.52. The fraction of sp³-hybridized carbons (Fsp3) is 0.353. The molecule has 3 aromatic rings. The minimum absolute atomic E-state index is 0.0372. The molecule has 0 aromatic heterocycles. The Bertz CT molecular complexity index is 1610. The van der Waals surface area contributed by atoms with Crippen molar-refractivity contribution >= 4 is 27.5 Å². The van der Waals surface area contributed by atoms with Crippen molar-refractivity contribution < 1.29 is 22.7 Å². The SMILES string of the molecule is CCOc1ccc(/C=C2/CCC[C@H]3C2=NN(C(=O)C2(S(=O)(=O)c4ccccc4)CC2)[C@@H]3c2ccc(OCC)cc2)cc1. The van der Waals surface area contributed by atoms with Crippen molar-refractivity contribution in [3.8, 4) is 11.5 Å². The van der Waals surface area contributed by atoms with E-state index < -0.39 is 26.5 Å². The van der Waals surface area contributed by atoms with Crippen LogP contribution in [0.15, 0.2) is 94.4 Å². The Morgan fingerprint density at radius 1 is 0.929 bits per heavy atom. The van der Waals surface area contributed by atoms with Gasteiger partial charge in [0.1, 0.15) is 11.5 Å². The van der Waals surface area contributed by atoms with Crippen molar-refractivity contribution in [1.29, 1.82) is 0 Å². The number of carbonyl (C=O) groups is 1. The summed E-state index contributed by atoms with van der Waals surface area (Å²) < 4.78 is 37.4. The molecule has 6 rings (SSSR count). The number of carbonyl (C=O) groups excluding carboxylic acids is 1. The van der Waals surface area contributed by atoms with E-state index in [1.807, 2.05) is 62.4 Å². The molecular weight excluding hydrogens is 548 g/mol. The standard InChI is InChI=1S/C34H36N2O5S/c1-3-40-27-17-13-24(14-18-27)23-26-9-8-12-30-31(26)35-36(32(30)25-15-19-28(20-16-25)41-4-2)33(37)34(21-22-34)42(38,39)29-10-6-5-7-11-29/h5-7,10-11,13-20,23,30,32H,3-4,8-9,12,21-22H2,1-2H3/b26-23-/t30-,32+/m0/s1. The molecule has 0 N–H and O–H groups in total. The second-order valence-corrected chi connectivity index (χ2v) is 13.3. The lowest BCUT2D eigenvalue weighted by Crippen LogP contribution is -2.43. The smallest absolute Gasteiger partial charge is 0.265 e. The zero-order chi connectivity index (χ0) is 29.3. The van der Waals surface area contributed by atoms with Crippen molar-refractivity contribution in [3.63, 3.8) is 0 Å². The summed E-state index contributed by atoms with van der Waals surface area (Å²) in [5.74, 6) is 1.10. The van der Waals surface area contributed by atoms with Gasteiger partial charge in [-0.05, 0) is 105 Å². The third-order valence-electron chi connectivity index (χ3n) is 8.44. The number of rotatable bonds is 9. The number of ether oxygens (including phenoxy) is 2. The molecule has 3 aromatic carbocycles. The molecule has 0 saturated heterocycles. The zero-order valence-electron chi connectivity index (χ0n) is 24.0. The number of fused-ring (bicyclic) bond motifs is 1. The number of hydrogen-bond donors (Lipinski definition) is 0. The lowest BCUT2D eigenvalue weighted by Gasteiger charge is -2.31. The van der Waals surface area contributed by atoms with Gasteiger partial charge in [0.05, 0.1) is 29.9 Å². The van der Waals surface area contributed by atoms with Crippen molar-refractivity contribution in [2.75, 3.05) is 13.2 Å². The van der Waals surface area contributed by atoms with Crippen LogP contribution in [0.3, 0.4) is 0 Å². The van der Waals surface area contributed by atoms with Crippen LogP contribution in [-0.2, 0) is 14.6 Å². The van der Waals surface area contributed by atoms with Crippen LogP contribution < -0.4 is 9.47 Å². The average Bonchev–Trinajstić information content (AvgIpc) is 3.75. The molecular formula is C34H36N2O5S. The number of benzene rings is 3. The van der Waals surface area contributed by atoms with Crippen molar-refractivity contribution in [2.45, 2.75) is 61.6 Å². The van der Waals surface area contributed by atoms with E-state index in [0.717, 1.165) is 53.2 Å². The van der Waals surface area contributed by atoms with Crippen LogP contribution in [0.25, 0.3) is 6.08 Å². The quantitative estimate of drug-likeness (QED) is 0.282. The summed E-state index contributed by atoms with van der Waals surface area (Å²) in [5.41, 5.74) is 3.91. The van der Waals surface area contributed by atoms with Gasteiger partial charge in [0.25, 0.3) is 5.91 Å². The third kappa shape index (κ3) is 5.02. The Hall–Kier alpha value is -3.91. The number of amides is 1. The molecule has 0 unspecified atom stereocenters. The first-order chi connectivity index (χ1) is 20.4. The lowest BCUT2D eigenvalue weighted by atomic mass is 9.77. The van der Waals surface area contributed by atoms with E-state index in [1.165, 1.54) is 5.01 Å². The molecule has 2 fully saturated rings. The monoisotopic (exact) mass is 584 g/mol. The maximum absolute atomic E-state index is 14.4. The highest BCUT2D eigenvalue weighted by atomic mass is 32.2. The summed E-state index contributed by atoms with van der Waals surface area (Å²) >= 11 is 0.